The molecule has 13 heavy (non-hydrogen) atoms. The van der Waals surface area contributed by atoms with E-state index in [0.29, 0.717) is 0 Å². The predicted molar refractivity (Wildman–Crippen MR) is 53.0 cm³/mol. The molecular formula is C10H9NaO2. The van der Waals surface area contributed by atoms with Gasteiger partial charge in [-0.25, -0.2) is 0 Å². The van der Waals surface area contributed by atoms with Crippen molar-refractivity contribution in [2.75, 3.05) is 0 Å². The van der Waals surface area contributed by atoms with Gasteiger partial charge >= 0.3 is 35.5 Å². The number of hydrogen-bond donors (Lipinski definition) is 1. The molecular weight excluding hydrogens is 175 g/mol. The van der Waals surface area contributed by atoms with Crippen molar-refractivity contribution in [2.24, 2.45) is 0 Å². The summed E-state index contributed by atoms with van der Waals surface area (Å²) in [6, 6.07) is 7.55. The number of fused-ring (bicyclic) bond motifs is 1. The Hall–Kier alpha value is -0.570. The van der Waals surface area contributed by atoms with Crippen molar-refractivity contribution in [3.63, 3.8) is 0 Å². The van der Waals surface area contributed by atoms with E-state index in [1.165, 1.54) is 0 Å². The molecule has 0 bridgehead atoms. The van der Waals surface area contributed by atoms with Crippen LogP contribution >= 0.6 is 0 Å². The molecule has 0 fully saturated rings. The summed E-state index contributed by atoms with van der Waals surface area (Å²) >= 11 is 0. The Labute approximate surface area is 98.6 Å². The van der Waals surface area contributed by atoms with E-state index in [2.05, 4.69) is 0 Å². The van der Waals surface area contributed by atoms with Gasteiger partial charge in [-0.05, 0) is 11.1 Å². The summed E-state index contributed by atoms with van der Waals surface area (Å²) in [5.41, 5.74) is 1.91. The van der Waals surface area contributed by atoms with Crippen molar-refractivity contribution in [1.29, 1.82) is 0 Å². The summed E-state index contributed by atoms with van der Waals surface area (Å²) < 4.78 is 0. The second kappa shape index (κ2) is 4.09. The molecule has 2 rings (SSSR count). The molecule has 1 aliphatic rings. The minimum atomic E-state index is -0.781. The second-order valence-electron chi connectivity index (χ2n) is 2.80. The van der Waals surface area contributed by atoms with Crippen LogP contribution in [0.5, 0.6) is 0 Å². The van der Waals surface area contributed by atoms with Crippen LogP contribution in [-0.2, 0) is 4.79 Å². The van der Waals surface area contributed by atoms with Gasteiger partial charge in [-0.15, -0.1) is 0 Å². The summed E-state index contributed by atoms with van der Waals surface area (Å²) in [4.78, 5) is 10.7. The van der Waals surface area contributed by atoms with E-state index in [9.17, 15) is 4.79 Å². The molecule has 1 N–H and O–H groups in total. The van der Waals surface area contributed by atoms with Crippen LogP contribution in [0, 0.1) is 0 Å². The third-order valence-corrected chi connectivity index (χ3v) is 2.07. The van der Waals surface area contributed by atoms with E-state index < -0.39 is 11.9 Å². The zero-order valence-electron chi connectivity index (χ0n) is 6.40. The zero-order chi connectivity index (χ0) is 8.55. The van der Waals surface area contributed by atoms with Gasteiger partial charge in [-0.3, -0.25) is 4.79 Å². The fraction of sp³-hybridized carbons (Fsp3) is 0.100. The third-order valence-electron chi connectivity index (χ3n) is 2.07. The summed E-state index contributed by atoms with van der Waals surface area (Å²) in [6.07, 6.45) is 3.57. The molecule has 0 spiro atoms. The number of carboxylic acid groups (broad SMARTS) is 1. The van der Waals surface area contributed by atoms with Crippen molar-refractivity contribution < 1.29 is 9.90 Å². The Morgan fingerprint density at radius 1 is 1.31 bits per heavy atom. The Balaban J connectivity index is 0.000000845. The van der Waals surface area contributed by atoms with Crippen LogP contribution < -0.4 is 0 Å². The molecule has 0 amide bonds. The summed E-state index contributed by atoms with van der Waals surface area (Å²) in [5, 5.41) is 8.81. The second-order valence-corrected chi connectivity index (χ2v) is 2.80. The molecule has 0 heterocycles. The number of rotatable bonds is 1. The Kier molecular flexibility index (Phi) is 3.31. The van der Waals surface area contributed by atoms with Crippen molar-refractivity contribution in [2.45, 2.75) is 5.92 Å². The molecule has 1 aromatic carbocycles. The van der Waals surface area contributed by atoms with Crippen LogP contribution in [0.4, 0.5) is 0 Å². The third kappa shape index (κ3) is 1.85. The monoisotopic (exact) mass is 184 g/mol. The predicted octanol–water partition coefficient (Wildman–Crippen LogP) is 1.23. The summed E-state index contributed by atoms with van der Waals surface area (Å²) in [6.45, 7) is 0. The SMILES string of the molecule is O=C(O)C1C=Cc2ccccc21.[NaH]. The maximum absolute atomic E-state index is 10.7. The summed E-state index contributed by atoms with van der Waals surface area (Å²) in [7, 11) is 0. The van der Waals surface area contributed by atoms with Gasteiger partial charge in [0.05, 0.1) is 0 Å². The van der Waals surface area contributed by atoms with Crippen LogP contribution in [0.2, 0.25) is 0 Å². The Morgan fingerprint density at radius 2 is 2.00 bits per heavy atom. The van der Waals surface area contributed by atoms with Gasteiger partial charge in [0.15, 0.2) is 0 Å². The molecule has 0 radical (unpaired) electrons. The quantitative estimate of drug-likeness (QED) is 0.666. The average Bonchev–Trinajstić information content (AvgIpc) is 2.47. The van der Waals surface area contributed by atoms with Crippen molar-refractivity contribution in [1.82, 2.24) is 0 Å². The standard InChI is InChI=1S/C10H8O2.Na.H/c11-10(12)9-6-5-7-3-1-2-4-8(7)9;;/h1-6,9H,(H,11,12);;. The molecule has 0 aromatic heterocycles. The van der Waals surface area contributed by atoms with E-state index in [-0.39, 0.29) is 29.6 Å². The first-order valence-corrected chi connectivity index (χ1v) is 3.79. The average molecular weight is 184 g/mol. The molecule has 1 aromatic rings. The normalized spacial score (nSPS) is 17.7. The molecule has 1 unspecified atom stereocenters. The maximum atomic E-state index is 10.7. The van der Waals surface area contributed by atoms with Crippen molar-refractivity contribution in [3.05, 3.63) is 41.5 Å². The fourth-order valence-corrected chi connectivity index (χ4v) is 1.46. The van der Waals surface area contributed by atoms with Crippen LogP contribution in [0.3, 0.4) is 0 Å². The zero-order valence-corrected chi connectivity index (χ0v) is 6.40. The Bertz CT molecular complexity index is 358. The number of hydrogen-bond acceptors (Lipinski definition) is 1. The van der Waals surface area contributed by atoms with Crippen LogP contribution in [0.25, 0.3) is 6.08 Å². The Morgan fingerprint density at radius 3 is 2.69 bits per heavy atom. The minimum absolute atomic E-state index is 0. The van der Waals surface area contributed by atoms with Crippen molar-refractivity contribution in [3.8, 4) is 0 Å². The molecule has 1 aliphatic carbocycles. The van der Waals surface area contributed by atoms with E-state index in [0.717, 1.165) is 11.1 Å². The van der Waals surface area contributed by atoms with Crippen LogP contribution in [0.1, 0.15) is 17.0 Å². The van der Waals surface area contributed by atoms with Crippen LogP contribution in [0.15, 0.2) is 30.3 Å². The van der Waals surface area contributed by atoms with Gasteiger partial charge in [-0.1, -0.05) is 36.4 Å². The van der Waals surface area contributed by atoms with Crippen molar-refractivity contribution >= 4 is 41.6 Å². The van der Waals surface area contributed by atoms with E-state index in [1.807, 2.05) is 30.3 Å². The van der Waals surface area contributed by atoms with E-state index >= 15 is 0 Å². The summed E-state index contributed by atoms with van der Waals surface area (Å²) in [5.74, 6) is -1.22. The number of benzene rings is 1. The molecule has 2 nitrogen and oxygen atoms in total. The first kappa shape index (κ1) is 10.5. The van der Waals surface area contributed by atoms with Gasteiger partial charge in [0.1, 0.15) is 5.92 Å². The van der Waals surface area contributed by atoms with E-state index in [1.54, 1.807) is 6.08 Å². The first-order valence-electron chi connectivity index (χ1n) is 3.79. The molecule has 0 aliphatic heterocycles. The molecule has 0 saturated heterocycles. The number of carbonyl (C=O) groups is 1. The van der Waals surface area contributed by atoms with Gasteiger partial charge in [-0.2, -0.15) is 0 Å². The fourth-order valence-electron chi connectivity index (χ4n) is 1.46. The molecule has 0 saturated carbocycles. The molecule has 3 heteroatoms. The van der Waals surface area contributed by atoms with Crippen LogP contribution in [-0.4, -0.2) is 40.6 Å². The molecule has 1 atom stereocenters. The van der Waals surface area contributed by atoms with Gasteiger partial charge in [0, 0.05) is 0 Å². The van der Waals surface area contributed by atoms with Gasteiger partial charge in [0.2, 0.25) is 0 Å². The molecule has 62 valence electrons. The first-order chi connectivity index (χ1) is 5.79. The topological polar surface area (TPSA) is 37.3 Å². The van der Waals surface area contributed by atoms with Gasteiger partial charge < -0.3 is 5.11 Å². The number of aliphatic carboxylic acids is 1. The van der Waals surface area contributed by atoms with E-state index in [4.69, 9.17) is 5.11 Å². The van der Waals surface area contributed by atoms with Gasteiger partial charge in [0.25, 0.3) is 0 Å². The number of carboxylic acids is 1.